The number of carbonyl (C=O) groups is 2. The van der Waals surface area contributed by atoms with Gasteiger partial charge in [0.05, 0.1) is 25.4 Å². The smallest absolute Gasteiger partial charge is 0.305 e. The number of carbonyl (C=O) groups excluding carboxylic acids is 2. The molecular formula is C64H119NO5. The normalized spacial score (nSPS) is 12.9. The zero-order chi connectivity index (χ0) is 50.7. The molecule has 0 radical (unpaired) electrons. The van der Waals surface area contributed by atoms with Crippen LogP contribution in [0.4, 0.5) is 0 Å². The van der Waals surface area contributed by atoms with E-state index in [-0.39, 0.29) is 18.5 Å². The Hall–Kier alpha value is -2.18. The highest BCUT2D eigenvalue weighted by Crippen LogP contribution is 2.16. The Morgan fingerprint density at radius 2 is 0.714 bits per heavy atom. The molecule has 0 saturated carbocycles. The lowest BCUT2D eigenvalue weighted by molar-refractivity contribution is -0.143. The van der Waals surface area contributed by atoms with Gasteiger partial charge in [0.15, 0.2) is 0 Å². The van der Waals surface area contributed by atoms with Crippen molar-refractivity contribution in [3.8, 4) is 0 Å². The van der Waals surface area contributed by atoms with E-state index < -0.39 is 12.1 Å². The number of amides is 1. The van der Waals surface area contributed by atoms with Crippen LogP contribution in [0.3, 0.4) is 0 Å². The van der Waals surface area contributed by atoms with Crippen LogP contribution in [-0.4, -0.2) is 47.4 Å². The van der Waals surface area contributed by atoms with Crippen LogP contribution >= 0.6 is 0 Å². The Morgan fingerprint density at radius 3 is 1.11 bits per heavy atom. The van der Waals surface area contributed by atoms with Crippen LogP contribution in [0.1, 0.15) is 322 Å². The lowest BCUT2D eigenvalue weighted by Crippen LogP contribution is -2.45. The van der Waals surface area contributed by atoms with Gasteiger partial charge in [-0.2, -0.15) is 0 Å². The molecule has 6 heteroatoms. The van der Waals surface area contributed by atoms with Gasteiger partial charge in [-0.15, -0.1) is 0 Å². The summed E-state index contributed by atoms with van der Waals surface area (Å²) < 4.78 is 5.48. The highest BCUT2D eigenvalue weighted by Gasteiger charge is 2.18. The average Bonchev–Trinajstić information content (AvgIpc) is 3.36. The lowest BCUT2D eigenvalue weighted by atomic mass is 10.0. The summed E-state index contributed by atoms with van der Waals surface area (Å²) >= 11 is 0. The summed E-state index contributed by atoms with van der Waals surface area (Å²) in [5, 5.41) is 22.9. The maximum atomic E-state index is 12.4. The van der Waals surface area contributed by atoms with E-state index in [1.54, 1.807) is 6.08 Å². The maximum absolute atomic E-state index is 12.4. The van der Waals surface area contributed by atoms with Crippen LogP contribution in [-0.2, 0) is 14.3 Å². The molecule has 70 heavy (non-hydrogen) atoms. The molecule has 0 rings (SSSR count). The van der Waals surface area contributed by atoms with Crippen molar-refractivity contribution in [1.82, 2.24) is 5.32 Å². The van der Waals surface area contributed by atoms with Crippen molar-refractivity contribution in [3.63, 3.8) is 0 Å². The molecule has 2 unspecified atom stereocenters. The number of rotatable bonds is 57. The van der Waals surface area contributed by atoms with E-state index in [1.165, 1.54) is 244 Å². The van der Waals surface area contributed by atoms with E-state index in [2.05, 4.69) is 55.6 Å². The quantitative estimate of drug-likeness (QED) is 0.0321. The van der Waals surface area contributed by atoms with Gasteiger partial charge in [-0.3, -0.25) is 9.59 Å². The van der Waals surface area contributed by atoms with Crippen molar-refractivity contribution in [3.05, 3.63) is 48.6 Å². The topological polar surface area (TPSA) is 95.9 Å². The zero-order valence-corrected chi connectivity index (χ0v) is 46.7. The van der Waals surface area contributed by atoms with Crippen molar-refractivity contribution in [2.75, 3.05) is 13.2 Å². The highest BCUT2D eigenvalue weighted by molar-refractivity contribution is 5.76. The van der Waals surface area contributed by atoms with Crippen LogP contribution in [0.5, 0.6) is 0 Å². The van der Waals surface area contributed by atoms with Gasteiger partial charge in [0.1, 0.15) is 0 Å². The third-order valence-electron chi connectivity index (χ3n) is 14.1. The third kappa shape index (κ3) is 55.1. The van der Waals surface area contributed by atoms with Crippen LogP contribution in [0.2, 0.25) is 0 Å². The van der Waals surface area contributed by atoms with Gasteiger partial charge in [0.2, 0.25) is 5.91 Å². The van der Waals surface area contributed by atoms with E-state index in [9.17, 15) is 19.8 Å². The molecule has 2 atom stereocenters. The molecule has 410 valence electrons. The molecule has 0 aliphatic rings. The summed E-state index contributed by atoms with van der Waals surface area (Å²) in [6, 6.07) is -0.626. The van der Waals surface area contributed by atoms with Crippen molar-refractivity contribution in [2.24, 2.45) is 0 Å². The Kier molecular flexibility index (Phi) is 57.5. The minimum atomic E-state index is -0.842. The zero-order valence-electron chi connectivity index (χ0n) is 46.7. The predicted octanol–water partition coefficient (Wildman–Crippen LogP) is 19.4. The molecule has 0 fully saturated rings. The Balaban J connectivity index is 3.37. The first-order chi connectivity index (χ1) is 34.5. The molecule has 6 nitrogen and oxygen atoms in total. The fourth-order valence-corrected chi connectivity index (χ4v) is 9.31. The Bertz CT molecular complexity index is 1180. The molecule has 0 aliphatic heterocycles. The molecule has 0 aromatic rings. The Labute approximate surface area is 436 Å². The van der Waals surface area contributed by atoms with E-state index >= 15 is 0 Å². The molecule has 0 aromatic heterocycles. The number of nitrogens with one attached hydrogen (secondary N) is 1. The second-order valence-corrected chi connectivity index (χ2v) is 21.0. The predicted molar refractivity (Wildman–Crippen MR) is 306 cm³/mol. The largest absolute Gasteiger partial charge is 0.466 e. The molecule has 0 spiro atoms. The van der Waals surface area contributed by atoms with Gasteiger partial charge in [0, 0.05) is 12.8 Å². The SMILES string of the molecule is CCCCCC/C=C\C/C=C\CCCCCCCC(=O)OCCCCCCCCCCCCCC/C=C\CCCCCCCCCCCCCCC(=O)NC(CO)C(O)/C=C/CCCCCCCCC. The third-order valence-corrected chi connectivity index (χ3v) is 14.1. The maximum Gasteiger partial charge on any atom is 0.305 e. The minimum Gasteiger partial charge on any atom is -0.466 e. The molecule has 0 aromatic carbocycles. The fourth-order valence-electron chi connectivity index (χ4n) is 9.31. The van der Waals surface area contributed by atoms with Crippen molar-refractivity contribution >= 4 is 11.9 Å². The van der Waals surface area contributed by atoms with E-state index in [4.69, 9.17) is 4.74 Å². The van der Waals surface area contributed by atoms with Gasteiger partial charge in [-0.25, -0.2) is 0 Å². The second-order valence-electron chi connectivity index (χ2n) is 21.0. The highest BCUT2D eigenvalue weighted by atomic mass is 16.5. The molecule has 0 aliphatic carbocycles. The molecule has 0 heterocycles. The number of hydrogen-bond donors (Lipinski definition) is 3. The van der Waals surface area contributed by atoms with E-state index in [0.29, 0.717) is 19.4 Å². The second kappa shape index (κ2) is 59.4. The average molecular weight is 983 g/mol. The molecule has 0 saturated heterocycles. The number of ether oxygens (including phenoxy) is 1. The number of aliphatic hydroxyl groups excluding tert-OH is 2. The van der Waals surface area contributed by atoms with Crippen LogP contribution in [0, 0.1) is 0 Å². The standard InChI is InChI=1S/C64H119NO5/c1-3-5-7-9-11-13-14-15-16-32-35-38-42-46-50-54-58-64(69)70-59-55-51-47-43-39-36-33-30-28-26-24-22-20-18-17-19-21-23-25-27-29-31-34-37-41-45-49-53-57-63(68)65-61(60-66)62(67)56-52-48-44-40-12-10-8-6-4-2/h13-14,16-18,32,52,56,61-62,66-67H,3-12,15,19-31,33-51,53-55,57-60H2,1-2H3,(H,65,68)/b14-13-,18-17-,32-16-,56-52+. The van der Waals surface area contributed by atoms with Crippen LogP contribution in [0.25, 0.3) is 0 Å². The first-order valence-corrected chi connectivity index (χ1v) is 30.9. The summed E-state index contributed by atoms with van der Waals surface area (Å²) in [5.74, 6) is -0.0693. The van der Waals surface area contributed by atoms with Crippen molar-refractivity contribution < 1.29 is 24.5 Å². The fraction of sp³-hybridized carbons (Fsp3) is 0.844. The minimum absolute atomic E-state index is 0.00149. The first-order valence-electron chi connectivity index (χ1n) is 30.9. The number of aliphatic hydroxyl groups is 2. The summed E-state index contributed by atoms with van der Waals surface area (Å²) in [5.41, 5.74) is 0. The Morgan fingerprint density at radius 1 is 0.400 bits per heavy atom. The van der Waals surface area contributed by atoms with Gasteiger partial charge < -0.3 is 20.3 Å². The first kappa shape index (κ1) is 67.8. The van der Waals surface area contributed by atoms with E-state index in [1.807, 2.05) is 6.08 Å². The number of allylic oxidation sites excluding steroid dienone is 7. The van der Waals surface area contributed by atoms with Gasteiger partial charge in [-0.1, -0.05) is 268 Å². The summed E-state index contributed by atoms with van der Waals surface area (Å²) in [6.45, 7) is 4.86. The van der Waals surface area contributed by atoms with Crippen molar-refractivity contribution in [2.45, 2.75) is 334 Å². The van der Waals surface area contributed by atoms with E-state index in [0.717, 1.165) is 51.4 Å². The molecular weight excluding hydrogens is 863 g/mol. The van der Waals surface area contributed by atoms with Gasteiger partial charge in [0.25, 0.3) is 0 Å². The van der Waals surface area contributed by atoms with Gasteiger partial charge in [-0.05, 0) is 89.9 Å². The summed E-state index contributed by atoms with van der Waals surface area (Å²) in [6.07, 6.45) is 76.0. The molecule has 3 N–H and O–H groups in total. The van der Waals surface area contributed by atoms with Crippen molar-refractivity contribution in [1.29, 1.82) is 0 Å². The van der Waals surface area contributed by atoms with Crippen LogP contribution < -0.4 is 5.32 Å². The molecule has 1 amide bonds. The monoisotopic (exact) mass is 982 g/mol. The number of hydrogen-bond acceptors (Lipinski definition) is 5. The summed E-state index contributed by atoms with van der Waals surface area (Å²) in [7, 11) is 0. The lowest BCUT2D eigenvalue weighted by Gasteiger charge is -2.20. The van der Waals surface area contributed by atoms with Crippen LogP contribution in [0.15, 0.2) is 48.6 Å². The summed E-state index contributed by atoms with van der Waals surface area (Å²) in [4.78, 5) is 24.4. The molecule has 0 bridgehead atoms. The van der Waals surface area contributed by atoms with Gasteiger partial charge >= 0.3 is 5.97 Å². The number of esters is 1. The number of unbranched alkanes of at least 4 members (excludes halogenated alkanes) is 40.